The molecule has 0 aliphatic carbocycles. The molecule has 1 aliphatic heterocycles. The summed E-state index contributed by atoms with van der Waals surface area (Å²) in [5, 5.41) is 2.53. The number of carbonyl (C=O) groups excluding carboxylic acids is 2. The molecule has 1 saturated heterocycles. The van der Waals surface area contributed by atoms with Crippen molar-refractivity contribution in [1.82, 2.24) is 5.32 Å². The summed E-state index contributed by atoms with van der Waals surface area (Å²) in [7, 11) is 0. The Morgan fingerprint density at radius 2 is 2.36 bits per heavy atom. The highest BCUT2D eigenvalue weighted by Crippen LogP contribution is 2.15. The van der Waals surface area contributed by atoms with Gasteiger partial charge >= 0.3 is 0 Å². The van der Waals surface area contributed by atoms with Crippen molar-refractivity contribution in [2.24, 2.45) is 5.92 Å². The number of Topliss-reactive ketones (excluding diaryl/α,β-unsaturated/α-hetero) is 1. The largest absolute Gasteiger partial charge is 0.336 e. The zero-order valence-electron chi connectivity index (χ0n) is 6.59. The van der Waals surface area contributed by atoms with Crippen molar-refractivity contribution in [2.45, 2.75) is 19.9 Å². The first-order valence-electron chi connectivity index (χ1n) is 3.58. The van der Waals surface area contributed by atoms with Crippen LogP contribution in [-0.4, -0.2) is 22.8 Å². The number of hydrogen-bond acceptors (Lipinski definition) is 3. The number of thioether (sulfide) groups is 1. The van der Waals surface area contributed by atoms with E-state index in [4.69, 9.17) is 0 Å². The Balaban J connectivity index is 2.50. The van der Waals surface area contributed by atoms with Crippen molar-refractivity contribution < 1.29 is 9.59 Å². The molecule has 1 N–H and O–H groups in total. The molecule has 11 heavy (non-hydrogen) atoms. The zero-order chi connectivity index (χ0) is 8.43. The average Bonchev–Trinajstić information content (AvgIpc) is 2.34. The van der Waals surface area contributed by atoms with Gasteiger partial charge in [-0.15, -0.1) is 0 Å². The maximum absolute atomic E-state index is 11.3. The van der Waals surface area contributed by atoms with Gasteiger partial charge in [-0.2, -0.15) is 0 Å². The molecule has 4 heteroatoms. The minimum absolute atomic E-state index is 0.0130. The molecule has 0 radical (unpaired) electrons. The molecule has 0 aromatic carbocycles. The summed E-state index contributed by atoms with van der Waals surface area (Å²) in [6.45, 7) is 3.69. The molecule has 0 unspecified atom stereocenters. The highest BCUT2D eigenvalue weighted by Gasteiger charge is 2.28. The van der Waals surface area contributed by atoms with Gasteiger partial charge in [0.15, 0.2) is 5.78 Å². The second-order valence-electron chi connectivity index (χ2n) is 2.85. The van der Waals surface area contributed by atoms with E-state index in [-0.39, 0.29) is 23.0 Å². The quantitative estimate of drug-likeness (QED) is 0.678. The summed E-state index contributed by atoms with van der Waals surface area (Å²) in [5.74, 6) is 0.734. The lowest BCUT2D eigenvalue weighted by Gasteiger charge is -2.09. The summed E-state index contributed by atoms with van der Waals surface area (Å²) in [4.78, 5) is 21.9. The van der Waals surface area contributed by atoms with Crippen molar-refractivity contribution in [1.29, 1.82) is 0 Å². The minimum Gasteiger partial charge on any atom is -0.336 e. The predicted octanol–water partition coefficient (Wildman–Crippen LogP) is 1.04. The van der Waals surface area contributed by atoms with E-state index in [1.54, 1.807) is 0 Å². The molecule has 1 heterocycles. The monoisotopic (exact) mass is 173 g/mol. The predicted molar refractivity (Wildman–Crippen MR) is 44.6 cm³/mol. The van der Waals surface area contributed by atoms with Gasteiger partial charge < -0.3 is 5.32 Å². The fourth-order valence-electron chi connectivity index (χ4n) is 0.940. The second kappa shape index (κ2) is 3.26. The van der Waals surface area contributed by atoms with E-state index < -0.39 is 0 Å². The van der Waals surface area contributed by atoms with Crippen LogP contribution in [0.5, 0.6) is 0 Å². The zero-order valence-corrected chi connectivity index (χ0v) is 7.40. The van der Waals surface area contributed by atoms with Crippen LogP contribution >= 0.6 is 11.8 Å². The van der Waals surface area contributed by atoms with Gasteiger partial charge in [-0.25, -0.2) is 0 Å². The van der Waals surface area contributed by atoms with E-state index in [2.05, 4.69) is 5.32 Å². The number of carbonyl (C=O) groups is 2. The lowest BCUT2D eigenvalue weighted by Crippen LogP contribution is -2.36. The van der Waals surface area contributed by atoms with Crippen LogP contribution in [-0.2, 0) is 4.79 Å². The number of nitrogens with one attached hydrogen (secondary N) is 1. The number of hydrogen-bond donors (Lipinski definition) is 1. The topological polar surface area (TPSA) is 46.2 Å². The molecule has 62 valence electrons. The van der Waals surface area contributed by atoms with E-state index in [1.165, 1.54) is 11.8 Å². The first kappa shape index (κ1) is 8.59. The third kappa shape index (κ3) is 1.96. The van der Waals surface area contributed by atoms with Crippen LogP contribution in [0.2, 0.25) is 0 Å². The van der Waals surface area contributed by atoms with Gasteiger partial charge in [-0.3, -0.25) is 9.59 Å². The summed E-state index contributed by atoms with van der Waals surface area (Å²) in [6.07, 6.45) is 0. The smallest absolute Gasteiger partial charge is 0.279 e. The molecule has 0 aromatic heterocycles. The van der Waals surface area contributed by atoms with Crippen LogP contribution in [0, 0.1) is 5.92 Å². The van der Waals surface area contributed by atoms with Crippen LogP contribution < -0.4 is 5.32 Å². The first-order valence-corrected chi connectivity index (χ1v) is 4.57. The molecule has 1 rings (SSSR count). The van der Waals surface area contributed by atoms with Crippen molar-refractivity contribution in [2.75, 3.05) is 5.75 Å². The lowest BCUT2D eigenvalue weighted by atomic mass is 10.0. The summed E-state index contributed by atoms with van der Waals surface area (Å²) >= 11 is 1.18. The van der Waals surface area contributed by atoms with Gasteiger partial charge in [0.2, 0.25) is 0 Å². The van der Waals surface area contributed by atoms with E-state index >= 15 is 0 Å². The fourth-order valence-corrected chi connectivity index (χ4v) is 1.73. The second-order valence-corrected chi connectivity index (χ2v) is 3.85. The summed E-state index contributed by atoms with van der Waals surface area (Å²) in [6, 6.07) is -0.243. The number of rotatable bonds is 2. The molecule has 1 fully saturated rings. The van der Waals surface area contributed by atoms with Gasteiger partial charge in [0.1, 0.15) is 0 Å². The van der Waals surface area contributed by atoms with Crippen LogP contribution in [0.15, 0.2) is 0 Å². The van der Waals surface area contributed by atoms with E-state index in [0.717, 1.165) is 0 Å². The van der Waals surface area contributed by atoms with Crippen molar-refractivity contribution in [3.63, 3.8) is 0 Å². The highest BCUT2D eigenvalue weighted by molar-refractivity contribution is 8.14. The van der Waals surface area contributed by atoms with E-state index in [1.807, 2.05) is 13.8 Å². The molecule has 0 spiro atoms. The number of amides is 1. The van der Waals surface area contributed by atoms with Gasteiger partial charge in [-0.1, -0.05) is 25.6 Å². The Labute approximate surface area is 69.9 Å². The van der Waals surface area contributed by atoms with Crippen molar-refractivity contribution in [3.8, 4) is 0 Å². The molecule has 1 atom stereocenters. The molecule has 1 amide bonds. The van der Waals surface area contributed by atoms with E-state index in [0.29, 0.717) is 5.75 Å². The Morgan fingerprint density at radius 3 is 2.73 bits per heavy atom. The number of ketones is 1. The van der Waals surface area contributed by atoms with Crippen LogP contribution in [0.3, 0.4) is 0 Å². The normalized spacial score (nSPS) is 23.9. The lowest BCUT2D eigenvalue weighted by molar-refractivity contribution is -0.123. The molecule has 0 saturated carbocycles. The van der Waals surface area contributed by atoms with Gasteiger partial charge in [0.05, 0.1) is 6.04 Å². The Hall–Kier alpha value is -0.510. The Morgan fingerprint density at radius 1 is 1.73 bits per heavy atom. The Bertz CT molecular complexity index is 191. The molecule has 1 aliphatic rings. The van der Waals surface area contributed by atoms with Crippen LogP contribution in [0.25, 0.3) is 0 Å². The molecule has 3 nitrogen and oxygen atoms in total. The third-order valence-electron chi connectivity index (χ3n) is 1.59. The summed E-state index contributed by atoms with van der Waals surface area (Å²) in [5.41, 5.74) is 0. The molecule has 0 aromatic rings. The summed E-state index contributed by atoms with van der Waals surface area (Å²) < 4.78 is 0. The van der Waals surface area contributed by atoms with Gasteiger partial charge in [-0.05, 0) is 0 Å². The average molecular weight is 173 g/mol. The van der Waals surface area contributed by atoms with Crippen LogP contribution in [0.4, 0.5) is 4.79 Å². The fraction of sp³-hybridized carbons (Fsp3) is 0.714. The molecular weight excluding hydrogens is 162 g/mol. The van der Waals surface area contributed by atoms with Crippen LogP contribution in [0.1, 0.15) is 13.8 Å². The maximum Gasteiger partial charge on any atom is 0.279 e. The molecular formula is C7H11NO2S. The standard InChI is InChI=1S/C7H11NO2S/c1-4(2)6(9)5-3-11-7(10)8-5/h4-5H,3H2,1-2H3,(H,8,10)/t5-/m0/s1. The highest BCUT2D eigenvalue weighted by atomic mass is 32.2. The minimum atomic E-state index is -0.243. The van der Waals surface area contributed by atoms with Crippen molar-refractivity contribution in [3.05, 3.63) is 0 Å². The van der Waals surface area contributed by atoms with Gasteiger partial charge in [0, 0.05) is 11.7 Å². The van der Waals surface area contributed by atoms with Crippen molar-refractivity contribution >= 4 is 22.8 Å². The Kier molecular flexibility index (Phi) is 2.54. The molecule has 0 bridgehead atoms. The maximum atomic E-state index is 11.3. The SMILES string of the molecule is CC(C)C(=O)[C@@H]1CSC(=O)N1. The van der Waals surface area contributed by atoms with E-state index in [9.17, 15) is 9.59 Å². The van der Waals surface area contributed by atoms with Gasteiger partial charge in [0.25, 0.3) is 5.24 Å². The third-order valence-corrected chi connectivity index (χ3v) is 2.47. The first-order chi connectivity index (χ1) is 5.11.